The van der Waals surface area contributed by atoms with Gasteiger partial charge in [-0.1, -0.05) is 13.3 Å². The lowest BCUT2D eigenvalue weighted by atomic mass is 10.1. The quantitative estimate of drug-likeness (QED) is 0.667. The molecule has 1 heterocycles. The highest BCUT2D eigenvalue weighted by atomic mass is 16.5. The standard InChI is InChI=1S/C15H16N2O3/c1-3-4-7-17-14-12(9-16)11-8-10(15(18)19-2)5-6-13(11)20-14/h5-6,8,17H,3-4,7H2,1-2H3. The van der Waals surface area contributed by atoms with Crippen molar-refractivity contribution in [1.82, 2.24) is 0 Å². The molecule has 5 nitrogen and oxygen atoms in total. The monoisotopic (exact) mass is 272 g/mol. The molecule has 1 N–H and O–H groups in total. The number of unbranched alkanes of at least 4 members (excludes halogenated alkanes) is 1. The SMILES string of the molecule is CCCCNc1oc2ccc(C(=O)OC)cc2c1C#N. The summed E-state index contributed by atoms with van der Waals surface area (Å²) < 4.78 is 10.3. The van der Waals surface area contributed by atoms with Gasteiger partial charge in [-0.2, -0.15) is 5.26 Å². The molecular formula is C15H16N2O3. The van der Waals surface area contributed by atoms with E-state index >= 15 is 0 Å². The van der Waals surface area contributed by atoms with Crippen molar-refractivity contribution < 1.29 is 13.9 Å². The number of furan rings is 1. The van der Waals surface area contributed by atoms with Gasteiger partial charge < -0.3 is 14.5 Å². The van der Waals surface area contributed by atoms with Gasteiger partial charge in [0.1, 0.15) is 17.2 Å². The van der Waals surface area contributed by atoms with E-state index in [4.69, 9.17) is 4.42 Å². The Bertz CT molecular complexity index is 668. The van der Waals surface area contributed by atoms with E-state index in [9.17, 15) is 10.1 Å². The van der Waals surface area contributed by atoms with E-state index in [-0.39, 0.29) is 0 Å². The van der Waals surface area contributed by atoms with E-state index in [0.717, 1.165) is 19.4 Å². The minimum Gasteiger partial charge on any atom is -0.465 e. The molecular weight excluding hydrogens is 256 g/mol. The largest absolute Gasteiger partial charge is 0.465 e. The zero-order valence-corrected chi connectivity index (χ0v) is 11.5. The topological polar surface area (TPSA) is 75.3 Å². The van der Waals surface area contributed by atoms with Crippen molar-refractivity contribution in [3.8, 4) is 6.07 Å². The van der Waals surface area contributed by atoms with Crippen molar-refractivity contribution in [1.29, 1.82) is 5.26 Å². The molecule has 0 aliphatic rings. The summed E-state index contributed by atoms with van der Waals surface area (Å²) in [6, 6.07) is 7.03. The Morgan fingerprint density at radius 1 is 1.50 bits per heavy atom. The average molecular weight is 272 g/mol. The van der Waals surface area contributed by atoms with Gasteiger partial charge in [-0.15, -0.1) is 0 Å². The Hall–Kier alpha value is -2.48. The minimum atomic E-state index is -0.433. The molecule has 0 amide bonds. The summed E-state index contributed by atoms with van der Waals surface area (Å²) in [5, 5.41) is 13.0. The van der Waals surface area contributed by atoms with Crippen LogP contribution >= 0.6 is 0 Å². The molecule has 0 saturated carbocycles. The van der Waals surface area contributed by atoms with Gasteiger partial charge in [0.25, 0.3) is 0 Å². The maximum atomic E-state index is 11.5. The highest BCUT2D eigenvalue weighted by molar-refractivity contribution is 5.97. The van der Waals surface area contributed by atoms with Crippen molar-refractivity contribution in [2.45, 2.75) is 19.8 Å². The molecule has 0 saturated heterocycles. The van der Waals surface area contributed by atoms with Crippen LogP contribution < -0.4 is 5.32 Å². The number of ether oxygens (including phenoxy) is 1. The van der Waals surface area contributed by atoms with Crippen molar-refractivity contribution in [2.75, 3.05) is 19.0 Å². The Morgan fingerprint density at radius 3 is 2.95 bits per heavy atom. The Labute approximate surface area is 117 Å². The molecule has 0 spiro atoms. The second-order valence-electron chi connectivity index (χ2n) is 4.40. The predicted octanol–water partition coefficient (Wildman–Crippen LogP) is 3.30. The zero-order chi connectivity index (χ0) is 14.5. The van der Waals surface area contributed by atoms with E-state index in [2.05, 4.69) is 23.0 Å². The molecule has 0 unspecified atom stereocenters. The number of nitrogens with one attached hydrogen (secondary N) is 1. The molecule has 5 heteroatoms. The second kappa shape index (κ2) is 6.11. The Kier molecular flexibility index (Phi) is 4.26. The number of methoxy groups -OCH3 is 1. The van der Waals surface area contributed by atoms with E-state index in [1.54, 1.807) is 18.2 Å². The molecule has 0 bridgehead atoms. The first-order valence-electron chi connectivity index (χ1n) is 6.50. The lowest BCUT2D eigenvalue weighted by Crippen LogP contribution is -2.01. The number of hydrogen-bond donors (Lipinski definition) is 1. The van der Waals surface area contributed by atoms with Crippen LogP contribution in [0, 0.1) is 11.3 Å². The summed E-state index contributed by atoms with van der Waals surface area (Å²) >= 11 is 0. The third-order valence-electron chi connectivity index (χ3n) is 3.04. The van der Waals surface area contributed by atoms with Gasteiger partial charge in [0.05, 0.1) is 12.7 Å². The summed E-state index contributed by atoms with van der Waals surface area (Å²) in [4.78, 5) is 11.5. The molecule has 0 fully saturated rings. The van der Waals surface area contributed by atoms with Crippen LogP contribution in [0.5, 0.6) is 0 Å². The average Bonchev–Trinajstić information content (AvgIpc) is 2.83. The number of anilines is 1. The smallest absolute Gasteiger partial charge is 0.337 e. The summed E-state index contributed by atoms with van der Waals surface area (Å²) in [6.07, 6.45) is 2.05. The van der Waals surface area contributed by atoms with Crippen LogP contribution in [0.25, 0.3) is 11.0 Å². The molecule has 0 atom stereocenters. The molecule has 0 radical (unpaired) electrons. The van der Waals surface area contributed by atoms with Gasteiger partial charge in [0.15, 0.2) is 0 Å². The van der Waals surface area contributed by atoms with E-state index < -0.39 is 5.97 Å². The summed E-state index contributed by atoms with van der Waals surface area (Å²) in [7, 11) is 1.32. The number of nitriles is 1. The summed E-state index contributed by atoms with van der Waals surface area (Å²) in [6.45, 7) is 2.84. The summed E-state index contributed by atoms with van der Waals surface area (Å²) in [5.41, 5.74) is 1.40. The van der Waals surface area contributed by atoms with Crippen molar-refractivity contribution in [2.24, 2.45) is 0 Å². The number of carbonyl (C=O) groups excluding carboxylic acids is 1. The highest BCUT2D eigenvalue weighted by Crippen LogP contribution is 2.30. The maximum absolute atomic E-state index is 11.5. The number of rotatable bonds is 5. The number of carbonyl (C=O) groups is 1. The molecule has 104 valence electrons. The fourth-order valence-electron chi connectivity index (χ4n) is 1.96. The minimum absolute atomic E-state index is 0.400. The molecule has 0 aliphatic carbocycles. The van der Waals surface area contributed by atoms with Crippen molar-refractivity contribution >= 4 is 22.8 Å². The second-order valence-corrected chi connectivity index (χ2v) is 4.40. The maximum Gasteiger partial charge on any atom is 0.337 e. The fraction of sp³-hybridized carbons (Fsp3) is 0.333. The van der Waals surface area contributed by atoms with Crippen molar-refractivity contribution in [3.63, 3.8) is 0 Å². The van der Waals surface area contributed by atoms with Crippen molar-refractivity contribution in [3.05, 3.63) is 29.3 Å². The lowest BCUT2D eigenvalue weighted by Gasteiger charge is -2.00. The van der Waals surface area contributed by atoms with Crippen LogP contribution in [0.2, 0.25) is 0 Å². The first kappa shape index (κ1) is 13.9. The first-order valence-corrected chi connectivity index (χ1v) is 6.50. The van der Waals surface area contributed by atoms with Gasteiger partial charge in [-0.25, -0.2) is 4.79 Å². The number of esters is 1. The summed E-state index contributed by atoms with van der Waals surface area (Å²) in [5.74, 6) is 0.0236. The fourth-order valence-corrected chi connectivity index (χ4v) is 1.96. The van der Waals surface area contributed by atoms with Crippen LogP contribution in [-0.2, 0) is 4.74 Å². The first-order chi connectivity index (χ1) is 9.71. The van der Waals surface area contributed by atoms with Crippen LogP contribution in [0.4, 0.5) is 5.88 Å². The third kappa shape index (κ3) is 2.59. The number of hydrogen-bond acceptors (Lipinski definition) is 5. The van der Waals surface area contributed by atoms with Gasteiger partial charge in [0, 0.05) is 11.9 Å². The zero-order valence-electron chi connectivity index (χ0n) is 11.5. The van der Waals surface area contributed by atoms with E-state index in [0.29, 0.717) is 28.0 Å². The molecule has 1 aromatic heterocycles. The molecule has 0 aliphatic heterocycles. The van der Waals surface area contributed by atoms with Crippen LogP contribution in [0.15, 0.2) is 22.6 Å². The molecule has 2 rings (SSSR count). The molecule has 20 heavy (non-hydrogen) atoms. The van der Waals surface area contributed by atoms with E-state index in [1.165, 1.54) is 7.11 Å². The van der Waals surface area contributed by atoms with Gasteiger partial charge in [-0.3, -0.25) is 0 Å². The predicted molar refractivity (Wildman–Crippen MR) is 75.7 cm³/mol. The number of fused-ring (bicyclic) bond motifs is 1. The van der Waals surface area contributed by atoms with Gasteiger partial charge in [0.2, 0.25) is 5.88 Å². The number of nitrogens with zero attached hydrogens (tertiary/aromatic N) is 1. The third-order valence-corrected chi connectivity index (χ3v) is 3.04. The highest BCUT2D eigenvalue weighted by Gasteiger charge is 2.16. The van der Waals surface area contributed by atoms with Crippen LogP contribution in [0.1, 0.15) is 35.7 Å². The molecule has 2 aromatic rings. The Morgan fingerprint density at radius 2 is 2.30 bits per heavy atom. The molecule has 1 aromatic carbocycles. The van der Waals surface area contributed by atoms with Gasteiger partial charge in [-0.05, 0) is 24.6 Å². The lowest BCUT2D eigenvalue weighted by molar-refractivity contribution is 0.0601. The van der Waals surface area contributed by atoms with Crippen LogP contribution in [0.3, 0.4) is 0 Å². The normalized spacial score (nSPS) is 10.2. The Balaban J connectivity index is 2.42. The van der Waals surface area contributed by atoms with Gasteiger partial charge >= 0.3 is 5.97 Å². The number of benzene rings is 1. The van der Waals surface area contributed by atoms with E-state index in [1.807, 2.05) is 0 Å². The van der Waals surface area contributed by atoms with Crippen LogP contribution in [-0.4, -0.2) is 19.6 Å².